The van der Waals surface area contributed by atoms with Gasteiger partial charge in [-0.25, -0.2) is 9.69 Å². The summed E-state index contributed by atoms with van der Waals surface area (Å²) in [6.07, 6.45) is 0. The molecule has 1 aliphatic heterocycles. The van der Waals surface area contributed by atoms with E-state index in [0.717, 1.165) is 16.0 Å². The highest BCUT2D eigenvalue weighted by molar-refractivity contribution is 6.45. The quantitative estimate of drug-likeness (QED) is 0.624. The Morgan fingerprint density at radius 3 is 2.33 bits per heavy atom. The molecule has 1 aromatic carbocycles. The minimum absolute atomic E-state index is 0.0422. The molecule has 128 valence electrons. The summed E-state index contributed by atoms with van der Waals surface area (Å²) in [7, 11) is 0. The van der Waals surface area contributed by atoms with E-state index in [2.05, 4.69) is 5.32 Å². The lowest BCUT2D eigenvalue weighted by Crippen LogP contribution is -2.41. The largest absolute Gasteiger partial charge is 0.350 e. The zero-order valence-corrected chi connectivity index (χ0v) is 14.0. The number of hydrogen-bond acceptors (Lipinski definition) is 4. The molecule has 1 N–H and O–H groups in total. The average molecular weight is 331 g/mol. The first-order valence-electron chi connectivity index (χ1n) is 7.79. The fraction of sp³-hybridized carbons (Fsp3) is 0.412. The summed E-state index contributed by atoms with van der Waals surface area (Å²) in [5.74, 6) is -2.27. The molecule has 0 spiro atoms. The fourth-order valence-corrected chi connectivity index (χ4v) is 2.42. The molecule has 1 saturated heterocycles. The Morgan fingerprint density at radius 2 is 1.71 bits per heavy atom. The van der Waals surface area contributed by atoms with E-state index in [0.29, 0.717) is 11.4 Å². The van der Waals surface area contributed by atoms with Gasteiger partial charge >= 0.3 is 17.8 Å². The van der Waals surface area contributed by atoms with Crippen LogP contribution in [0.25, 0.3) is 0 Å². The Bertz CT molecular complexity index is 684. The smallest absolute Gasteiger partial charge is 0.334 e. The third-order valence-corrected chi connectivity index (χ3v) is 3.72. The topological polar surface area (TPSA) is 86.8 Å². The van der Waals surface area contributed by atoms with Crippen LogP contribution in [0.5, 0.6) is 0 Å². The number of urea groups is 1. The molecule has 1 aromatic rings. The third kappa shape index (κ3) is 3.79. The van der Waals surface area contributed by atoms with Gasteiger partial charge in [0, 0.05) is 13.1 Å². The van der Waals surface area contributed by atoms with Crippen molar-refractivity contribution in [2.75, 3.05) is 13.1 Å². The van der Waals surface area contributed by atoms with E-state index in [1.807, 2.05) is 45.0 Å². The highest BCUT2D eigenvalue weighted by Crippen LogP contribution is 2.14. The predicted octanol–water partition coefficient (Wildman–Crippen LogP) is 1.06. The monoisotopic (exact) mass is 331 g/mol. The minimum Gasteiger partial charge on any atom is -0.350 e. The van der Waals surface area contributed by atoms with Crippen molar-refractivity contribution in [3.8, 4) is 0 Å². The van der Waals surface area contributed by atoms with Crippen molar-refractivity contribution in [2.45, 2.75) is 27.3 Å². The van der Waals surface area contributed by atoms with Crippen molar-refractivity contribution in [2.24, 2.45) is 5.92 Å². The van der Waals surface area contributed by atoms with Gasteiger partial charge in [-0.2, -0.15) is 0 Å². The number of carbonyl (C=O) groups is 4. The van der Waals surface area contributed by atoms with Gasteiger partial charge in [-0.05, 0) is 24.0 Å². The number of carbonyl (C=O) groups excluding carboxylic acids is 4. The summed E-state index contributed by atoms with van der Waals surface area (Å²) < 4.78 is 0. The van der Waals surface area contributed by atoms with Crippen LogP contribution in [-0.4, -0.2) is 46.6 Å². The van der Waals surface area contributed by atoms with Crippen LogP contribution in [0.15, 0.2) is 24.3 Å². The number of rotatable bonds is 6. The number of hydrogen-bond donors (Lipinski definition) is 1. The van der Waals surface area contributed by atoms with Gasteiger partial charge in [0.05, 0.1) is 0 Å². The number of aryl methyl sites for hydroxylation is 1. The van der Waals surface area contributed by atoms with Gasteiger partial charge in [-0.1, -0.05) is 38.1 Å². The summed E-state index contributed by atoms with van der Waals surface area (Å²) in [6, 6.07) is 6.85. The number of imide groups is 2. The van der Waals surface area contributed by atoms with E-state index in [1.54, 1.807) is 0 Å². The van der Waals surface area contributed by atoms with Gasteiger partial charge in [0.15, 0.2) is 0 Å². The molecule has 7 nitrogen and oxygen atoms in total. The van der Waals surface area contributed by atoms with Gasteiger partial charge in [0.1, 0.15) is 6.54 Å². The SMILES string of the molecule is Cc1ccccc1CNC(=O)CN1C(=O)C(=O)N(CC(C)C)C1=O. The lowest BCUT2D eigenvalue weighted by molar-refractivity contribution is -0.144. The molecular formula is C17H21N3O4. The van der Waals surface area contributed by atoms with Crippen molar-refractivity contribution in [3.63, 3.8) is 0 Å². The summed E-state index contributed by atoms with van der Waals surface area (Å²) in [4.78, 5) is 49.5. The Morgan fingerprint density at radius 1 is 1.08 bits per heavy atom. The maximum absolute atomic E-state index is 12.2. The first kappa shape index (κ1) is 17.7. The summed E-state index contributed by atoms with van der Waals surface area (Å²) in [6.45, 7) is 5.60. The van der Waals surface area contributed by atoms with E-state index in [4.69, 9.17) is 0 Å². The van der Waals surface area contributed by atoms with Crippen molar-refractivity contribution < 1.29 is 19.2 Å². The van der Waals surface area contributed by atoms with Crippen LogP contribution in [0.4, 0.5) is 4.79 Å². The van der Waals surface area contributed by atoms with Crippen molar-refractivity contribution in [1.29, 1.82) is 0 Å². The number of nitrogens with zero attached hydrogens (tertiary/aromatic N) is 2. The molecule has 0 bridgehead atoms. The molecule has 24 heavy (non-hydrogen) atoms. The van der Waals surface area contributed by atoms with E-state index >= 15 is 0 Å². The minimum atomic E-state index is -0.952. The molecule has 5 amide bonds. The summed E-state index contributed by atoms with van der Waals surface area (Å²) >= 11 is 0. The van der Waals surface area contributed by atoms with Crippen LogP contribution < -0.4 is 5.32 Å². The van der Waals surface area contributed by atoms with Gasteiger partial charge in [-0.3, -0.25) is 19.3 Å². The van der Waals surface area contributed by atoms with Crippen molar-refractivity contribution in [1.82, 2.24) is 15.1 Å². The first-order valence-corrected chi connectivity index (χ1v) is 7.79. The van der Waals surface area contributed by atoms with Crippen LogP contribution in [0.2, 0.25) is 0 Å². The van der Waals surface area contributed by atoms with E-state index in [-0.39, 0.29) is 12.5 Å². The molecular weight excluding hydrogens is 310 g/mol. The maximum Gasteiger partial charge on any atom is 0.334 e. The number of benzene rings is 1. The van der Waals surface area contributed by atoms with Crippen LogP contribution >= 0.6 is 0 Å². The molecule has 7 heteroatoms. The normalized spacial score (nSPS) is 14.8. The van der Waals surface area contributed by atoms with Gasteiger partial charge in [-0.15, -0.1) is 0 Å². The van der Waals surface area contributed by atoms with E-state index in [9.17, 15) is 19.2 Å². The molecule has 1 heterocycles. The molecule has 2 rings (SSSR count). The second-order valence-electron chi connectivity index (χ2n) is 6.19. The van der Waals surface area contributed by atoms with Crippen LogP contribution in [0, 0.1) is 12.8 Å². The maximum atomic E-state index is 12.2. The Hall–Kier alpha value is -2.70. The predicted molar refractivity (Wildman–Crippen MR) is 86.7 cm³/mol. The molecule has 0 aromatic heterocycles. The van der Waals surface area contributed by atoms with Crippen LogP contribution in [0.1, 0.15) is 25.0 Å². The van der Waals surface area contributed by atoms with Crippen LogP contribution in [-0.2, 0) is 20.9 Å². The first-order chi connectivity index (χ1) is 11.3. The van der Waals surface area contributed by atoms with E-state index in [1.165, 1.54) is 0 Å². The zero-order valence-electron chi connectivity index (χ0n) is 14.0. The van der Waals surface area contributed by atoms with Crippen LogP contribution in [0.3, 0.4) is 0 Å². The highest BCUT2D eigenvalue weighted by Gasteiger charge is 2.45. The number of nitrogens with one attached hydrogen (secondary N) is 1. The van der Waals surface area contributed by atoms with Crippen molar-refractivity contribution in [3.05, 3.63) is 35.4 Å². The zero-order chi connectivity index (χ0) is 17.9. The third-order valence-electron chi connectivity index (χ3n) is 3.72. The molecule has 1 aliphatic rings. The molecule has 0 radical (unpaired) electrons. The standard InChI is InChI=1S/C17H21N3O4/c1-11(2)9-19-15(22)16(23)20(17(19)24)10-14(21)18-8-13-7-5-4-6-12(13)3/h4-7,11H,8-10H2,1-3H3,(H,18,21). The molecule has 0 saturated carbocycles. The molecule has 0 aliphatic carbocycles. The van der Waals surface area contributed by atoms with Gasteiger partial charge in [0.2, 0.25) is 5.91 Å². The number of amides is 5. The van der Waals surface area contributed by atoms with E-state index < -0.39 is 30.3 Å². The molecule has 0 unspecified atom stereocenters. The second-order valence-corrected chi connectivity index (χ2v) is 6.19. The van der Waals surface area contributed by atoms with Gasteiger partial charge < -0.3 is 5.32 Å². The Balaban J connectivity index is 1.96. The van der Waals surface area contributed by atoms with Crippen molar-refractivity contribution >= 4 is 23.8 Å². The molecule has 1 fully saturated rings. The lowest BCUT2D eigenvalue weighted by Gasteiger charge is -2.17. The summed E-state index contributed by atoms with van der Waals surface area (Å²) in [5.41, 5.74) is 1.98. The lowest BCUT2D eigenvalue weighted by atomic mass is 10.1. The Kier molecular flexibility index (Phi) is 5.33. The highest BCUT2D eigenvalue weighted by atomic mass is 16.2. The summed E-state index contributed by atoms with van der Waals surface area (Å²) in [5, 5.41) is 2.66. The fourth-order valence-electron chi connectivity index (χ4n) is 2.42. The van der Waals surface area contributed by atoms with Gasteiger partial charge in [0.25, 0.3) is 0 Å². The molecule has 0 atom stereocenters. The second kappa shape index (κ2) is 7.25. The Labute approximate surface area is 140 Å². The average Bonchev–Trinajstić information content (AvgIpc) is 2.72.